The third-order valence-corrected chi connectivity index (χ3v) is 6.79. The molecule has 0 bridgehead atoms. The number of nitrogens with one attached hydrogen (secondary N) is 1. The van der Waals surface area contributed by atoms with Crippen LogP contribution in [0.2, 0.25) is 0 Å². The second kappa shape index (κ2) is 8.02. The Balaban J connectivity index is 1.74. The molecule has 0 atom stereocenters. The summed E-state index contributed by atoms with van der Waals surface area (Å²) in [5.41, 5.74) is 4.22. The SMILES string of the molecule is Cc1cccc(C)c1-n1cc(-c2nc(C3(N(C)C)CC3)[nH]c2-c2ccc(F)cc2F)ccc1=O. The summed E-state index contributed by atoms with van der Waals surface area (Å²) in [4.78, 5) is 23.2. The number of aromatic amines is 1. The fourth-order valence-corrected chi connectivity index (χ4v) is 4.69. The zero-order valence-corrected chi connectivity index (χ0v) is 19.6. The van der Waals surface area contributed by atoms with Crippen molar-refractivity contribution in [2.75, 3.05) is 14.1 Å². The summed E-state index contributed by atoms with van der Waals surface area (Å²) in [5, 5.41) is 0. The molecule has 0 spiro atoms. The van der Waals surface area contributed by atoms with E-state index < -0.39 is 11.6 Å². The van der Waals surface area contributed by atoms with Crippen molar-refractivity contribution in [1.82, 2.24) is 19.4 Å². The average molecular weight is 461 g/mol. The standard InChI is InChI=1S/C27H26F2N4O/c1-16-6-5-7-17(2)25(16)33-15-18(8-11-22(33)34)23-24(20-10-9-19(28)14-21(20)29)31-26(30-23)27(12-13-27)32(3)4/h5-11,14-15H,12-13H2,1-4H3,(H,30,31). The van der Waals surface area contributed by atoms with Gasteiger partial charge in [-0.05, 0) is 70.1 Å². The number of hydrogen-bond donors (Lipinski definition) is 1. The van der Waals surface area contributed by atoms with Gasteiger partial charge in [0.05, 0.1) is 22.6 Å². The van der Waals surface area contributed by atoms with Crippen molar-refractivity contribution < 1.29 is 8.78 Å². The van der Waals surface area contributed by atoms with Gasteiger partial charge in [-0.1, -0.05) is 18.2 Å². The van der Waals surface area contributed by atoms with Crippen LogP contribution in [0.3, 0.4) is 0 Å². The number of hydrogen-bond acceptors (Lipinski definition) is 3. The minimum absolute atomic E-state index is 0.168. The molecule has 0 saturated heterocycles. The van der Waals surface area contributed by atoms with Crippen LogP contribution in [0.4, 0.5) is 8.78 Å². The lowest BCUT2D eigenvalue weighted by Gasteiger charge is -2.21. The summed E-state index contributed by atoms with van der Waals surface area (Å²) < 4.78 is 30.1. The van der Waals surface area contributed by atoms with E-state index in [0.29, 0.717) is 17.0 Å². The first-order chi connectivity index (χ1) is 16.2. The van der Waals surface area contributed by atoms with Crippen LogP contribution in [0.5, 0.6) is 0 Å². The molecule has 1 fully saturated rings. The Morgan fingerprint density at radius 2 is 1.74 bits per heavy atom. The number of rotatable bonds is 5. The van der Waals surface area contributed by atoms with Crippen LogP contribution in [0.1, 0.15) is 29.8 Å². The number of aromatic nitrogens is 3. The maximum absolute atomic E-state index is 14.9. The molecule has 0 aliphatic heterocycles. The monoisotopic (exact) mass is 460 g/mol. The molecule has 2 heterocycles. The minimum Gasteiger partial charge on any atom is -0.340 e. The Morgan fingerprint density at radius 3 is 2.35 bits per heavy atom. The van der Waals surface area contributed by atoms with E-state index in [0.717, 1.165) is 41.5 Å². The maximum atomic E-state index is 14.9. The van der Waals surface area contributed by atoms with Gasteiger partial charge < -0.3 is 4.98 Å². The van der Waals surface area contributed by atoms with E-state index in [1.54, 1.807) is 16.8 Å². The number of benzene rings is 2. The second-order valence-electron chi connectivity index (χ2n) is 9.23. The Hall–Kier alpha value is -3.58. The van der Waals surface area contributed by atoms with E-state index in [1.165, 1.54) is 18.2 Å². The molecule has 1 aliphatic carbocycles. The Labute approximate surface area is 196 Å². The van der Waals surface area contributed by atoms with Crippen molar-refractivity contribution >= 4 is 0 Å². The Bertz CT molecular complexity index is 1440. The van der Waals surface area contributed by atoms with Crippen molar-refractivity contribution in [1.29, 1.82) is 0 Å². The van der Waals surface area contributed by atoms with Gasteiger partial charge in [0.2, 0.25) is 0 Å². The largest absolute Gasteiger partial charge is 0.340 e. The zero-order chi connectivity index (χ0) is 24.2. The molecule has 2 aromatic heterocycles. The number of imidazole rings is 1. The van der Waals surface area contributed by atoms with Gasteiger partial charge in [-0.2, -0.15) is 0 Å². The summed E-state index contributed by atoms with van der Waals surface area (Å²) in [7, 11) is 3.99. The normalized spacial score (nSPS) is 14.6. The summed E-state index contributed by atoms with van der Waals surface area (Å²) >= 11 is 0. The maximum Gasteiger partial charge on any atom is 0.255 e. The molecule has 5 rings (SSSR count). The lowest BCUT2D eigenvalue weighted by Crippen LogP contribution is -2.28. The van der Waals surface area contributed by atoms with Gasteiger partial charge in [0.25, 0.3) is 5.56 Å². The third-order valence-electron chi connectivity index (χ3n) is 6.79. The highest BCUT2D eigenvalue weighted by Gasteiger charge is 2.49. The van der Waals surface area contributed by atoms with Crippen molar-refractivity contribution in [3.05, 3.63) is 93.7 Å². The van der Waals surface area contributed by atoms with Crippen LogP contribution >= 0.6 is 0 Å². The summed E-state index contributed by atoms with van der Waals surface area (Å²) in [6.07, 6.45) is 3.61. The van der Waals surface area contributed by atoms with Crippen LogP contribution in [0, 0.1) is 25.5 Å². The van der Waals surface area contributed by atoms with Gasteiger partial charge >= 0.3 is 0 Å². The van der Waals surface area contributed by atoms with Gasteiger partial charge in [0.1, 0.15) is 17.5 Å². The van der Waals surface area contributed by atoms with Crippen LogP contribution in [0.15, 0.2) is 59.5 Å². The van der Waals surface area contributed by atoms with E-state index in [1.807, 2.05) is 46.1 Å². The molecule has 7 heteroatoms. The quantitative estimate of drug-likeness (QED) is 0.437. The lowest BCUT2D eigenvalue weighted by atomic mass is 10.0. The van der Waals surface area contributed by atoms with Crippen molar-refractivity contribution in [3.8, 4) is 28.2 Å². The molecule has 1 N–H and O–H groups in total. The smallest absolute Gasteiger partial charge is 0.255 e. The van der Waals surface area contributed by atoms with Crippen molar-refractivity contribution in [2.45, 2.75) is 32.2 Å². The number of halogens is 2. The number of nitrogens with zero attached hydrogens (tertiary/aromatic N) is 3. The van der Waals surface area contributed by atoms with E-state index in [9.17, 15) is 13.6 Å². The molecule has 0 unspecified atom stereocenters. The number of pyridine rings is 1. The summed E-state index contributed by atoms with van der Waals surface area (Å²) in [5.74, 6) is -0.580. The van der Waals surface area contributed by atoms with Crippen LogP contribution < -0.4 is 5.56 Å². The zero-order valence-electron chi connectivity index (χ0n) is 19.6. The molecule has 1 aliphatic rings. The highest BCUT2D eigenvalue weighted by Crippen LogP contribution is 2.50. The number of H-pyrrole nitrogens is 1. The van der Waals surface area contributed by atoms with E-state index in [2.05, 4.69) is 9.88 Å². The van der Waals surface area contributed by atoms with Crippen LogP contribution in [-0.4, -0.2) is 33.5 Å². The minimum atomic E-state index is -0.672. The average Bonchev–Trinajstić information content (AvgIpc) is 3.49. The third kappa shape index (κ3) is 3.56. The first-order valence-electron chi connectivity index (χ1n) is 11.2. The fraction of sp³-hybridized carbons (Fsp3) is 0.259. The second-order valence-corrected chi connectivity index (χ2v) is 9.23. The van der Waals surface area contributed by atoms with Gasteiger partial charge in [0, 0.05) is 29.5 Å². The molecule has 34 heavy (non-hydrogen) atoms. The van der Waals surface area contributed by atoms with Crippen molar-refractivity contribution in [2.24, 2.45) is 0 Å². The molecule has 4 aromatic rings. The van der Waals surface area contributed by atoms with Crippen molar-refractivity contribution in [3.63, 3.8) is 0 Å². The number of para-hydroxylation sites is 1. The predicted octanol–water partition coefficient (Wildman–Crippen LogP) is 5.34. The molecular formula is C27H26F2N4O. The summed E-state index contributed by atoms with van der Waals surface area (Å²) in [6, 6.07) is 12.6. The molecule has 5 nitrogen and oxygen atoms in total. The molecule has 1 saturated carbocycles. The number of aryl methyl sites for hydroxylation is 2. The summed E-state index contributed by atoms with van der Waals surface area (Å²) in [6.45, 7) is 3.92. The molecular weight excluding hydrogens is 434 g/mol. The highest BCUT2D eigenvalue weighted by atomic mass is 19.1. The van der Waals surface area contributed by atoms with Crippen LogP contribution in [-0.2, 0) is 5.54 Å². The first kappa shape index (κ1) is 22.2. The molecule has 2 aromatic carbocycles. The van der Waals surface area contributed by atoms with Crippen LogP contribution in [0.25, 0.3) is 28.2 Å². The van der Waals surface area contributed by atoms with E-state index in [-0.39, 0.29) is 16.7 Å². The molecule has 0 amide bonds. The first-order valence-corrected chi connectivity index (χ1v) is 11.2. The molecule has 0 radical (unpaired) electrons. The Morgan fingerprint density at radius 1 is 1.03 bits per heavy atom. The van der Waals surface area contributed by atoms with Gasteiger partial charge in [-0.15, -0.1) is 0 Å². The fourth-order valence-electron chi connectivity index (χ4n) is 4.69. The van der Waals surface area contributed by atoms with Gasteiger partial charge in [0.15, 0.2) is 0 Å². The predicted molar refractivity (Wildman–Crippen MR) is 129 cm³/mol. The van der Waals surface area contributed by atoms with E-state index in [4.69, 9.17) is 4.98 Å². The van der Waals surface area contributed by atoms with E-state index >= 15 is 0 Å². The topological polar surface area (TPSA) is 53.9 Å². The Kier molecular flexibility index (Phi) is 5.24. The molecule has 174 valence electrons. The lowest BCUT2D eigenvalue weighted by molar-refractivity contribution is 0.264. The van der Waals surface area contributed by atoms with Gasteiger partial charge in [-0.25, -0.2) is 13.8 Å². The van der Waals surface area contributed by atoms with Gasteiger partial charge in [-0.3, -0.25) is 14.3 Å². The highest BCUT2D eigenvalue weighted by molar-refractivity contribution is 5.79.